The summed E-state index contributed by atoms with van der Waals surface area (Å²) in [6, 6.07) is 10.0. The van der Waals surface area contributed by atoms with Gasteiger partial charge in [-0.2, -0.15) is 0 Å². The van der Waals surface area contributed by atoms with E-state index in [1.807, 2.05) is 35.2 Å². The Balaban J connectivity index is 1.36. The molecule has 4 rings (SSSR count). The molecule has 3 amide bonds. The smallest absolute Gasteiger partial charge is 0.317 e. The standard InChI is InChI=1S/C26H40N4O2/c1-4-30-23(31)25(10-14-28(15-11-25)19-21(2)3)20-26(30)12-16-29(17-13-26)24(32)27-18-22-8-6-5-7-9-22/h5-9,21H,4,10-20H2,1-3H3,(H,27,32). The molecule has 32 heavy (non-hydrogen) atoms. The van der Waals surface area contributed by atoms with Gasteiger partial charge in [-0.05, 0) is 63.6 Å². The minimum atomic E-state index is -0.179. The second-order valence-electron chi connectivity index (χ2n) is 10.6. The van der Waals surface area contributed by atoms with Crippen molar-refractivity contribution < 1.29 is 9.59 Å². The van der Waals surface area contributed by atoms with Gasteiger partial charge >= 0.3 is 6.03 Å². The Morgan fingerprint density at radius 3 is 2.28 bits per heavy atom. The zero-order valence-electron chi connectivity index (χ0n) is 20.1. The monoisotopic (exact) mass is 440 g/mol. The van der Waals surface area contributed by atoms with E-state index < -0.39 is 0 Å². The Morgan fingerprint density at radius 2 is 1.69 bits per heavy atom. The van der Waals surface area contributed by atoms with E-state index in [1.54, 1.807) is 0 Å². The first kappa shape index (κ1) is 23.1. The summed E-state index contributed by atoms with van der Waals surface area (Å²) in [5.41, 5.74) is 0.863. The van der Waals surface area contributed by atoms with Crippen molar-refractivity contribution >= 4 is 11.9 Å². The Morgan fingerprint density at radius 1 is 1.03 bits per heavy atom. The van der Waals surface area contributed by atoms with Crippen molar-refractivity contribution in [1.29, 1.82) is 0 Å². The Labute approximate surface area is 193 Å². The average Bonchev–Trinajstić information content (AvgIpc) is 3.01. The van der Waals surface area contributed by atoms with Crippen LogP contribution in [0.1, 0.15) is 58.4 Å². The summed E-state index contributed by atoms with van der Waals surface area (Å²) >= 11 is 0. The van der Waals surface area contributed by atoms with Gasteiger partial charge in [0.25, 0.3) is 0 Å². The van der Waals surface area contributed by atoms with Gasteiger partial charge in [-0.15, -0.1) is 0 Å². The summed E-state index contributed by atoms with van der Waals surface area (Å²) in [4.78, 5) is 33.0. The number of hydrogen-bond acceptors (Lipinski definition) is 3. The van der Waals surface area contributed by atoms with Crippen LogP contribution >= 0.6 is 0 Å². The molecule has 176 valence electrons. The van der Waals surface area contributed by atoms with Crippen LogP contribution in [0.15, 0.2) is 30.3 Å². The Kier molecular flexibility index (Phi) is 6.80. The van der Waals surface area contributed by atoms with Crippen molar-refractivity contribution in [2.75, 3.05) is 39.3 Å². The van der Waals surface area contributed by atoms with E-state index in [1.165, 1.54) is 0 Å². The zero-order chi connectivity index (χ0) is 22.8. The SMILES string of the molecule is CCN1C(=O)C2(CCN(CC(C)C)CC2)CC12CCN(C(=O)NCc1ccccc1)CC2. The first-order chi connectivity index (χ1) is 15.4. The molecule has 1 N–H and O–H groups in total. The number of nitrogens with one attached hydrogen (secondary N) is 1. The number of carbonyl (C=O) groups is 2. The highest BCUT2D eigenvalue weighted by molar-refractivity contribution is 5.86. The maximum Gasteiger partial charge on any atom is 0.317 e. The molecule has 6 nitrogen and oxygen atoms in total. The second-order valence-corrected chi connectivity index (χ2v) is 10.6. The van der Waals surface area contributed by atoms with Crippen LogP contribution in [0.2, 0.25) is 0 Å². The number of benzene rings is 1. The predicted molar refractivity (Wildman–Crippen MR) is 127 cm³/mol. The molecule has 0 aromatic heterocycles. The summed E-state index contributed by atoms with van der Waals surface area (Å²) in [5.74, 6) is 1.05. The summed E-state index contributed by atoms with van der Waals surface area (Å²) < 4.78 is 0. The van der Waals surface area contributed by atoms with E-state index in [2.05, 4.69) is 35.9 Å². The lowest BCUT2D eigenvalue weighted by Crippen LogP contribution is -2.55. The molecule has 0 unspecified atom stereocenters. The molecule has 3 saturated heterocycles. The number of carbonyl (C=O) groups excluding carboxylic acids is 2. The van der Waals surface area contributed by atoms with Crippen LogP contribution in [0.4, 0.5) is 4.79 Å². The molecular weight excluding hydrogens is 400 g/mol. The van der Waals surface area contributed by atoms with E-state index >= 15 is 0 Å². The van der Waals surface area contributed by atoms with Crippen molar-refractivity contribution in [1.82, 2.24) is 20.0 Å². The van der Waals surface area contributed by atoms with Crippen LogP contribution in [-0.2, 0) is 11.3 Å². The summed E-state index contributed by atoms with van der Waals surface area (Å²) in [6.45, 7) is 12.6. The minimum Gasteiger partial charge on any atom is -0.337 e. The fourth-order valence-corrected chi connectivity index (χ4v) is 6.31. The molecule has 0 radical (unpaired) electrons. The minimum absolute atomic E-state index is 0.00721. The molecule has 1 aromatic carbocycles. The summed E-state index contributed by atoms with van der Waals surface area (Å²) in [6.07, 6.45) is 4.73. The summed E-state index contributed by atoms with van der Waals surface area (Å²) in [7, 11) is 0. The molecule has 0 atom stereocenters. The number of amides is 3. The van der Waals surface area contributed by atoms with Crippen molar-refractivity contribution in [3.63, 3.8) is 0 Å². The quantitative estimate of drug-likeness (QED) is 0.759. The molecule has 0 bridgehead atoms. The maximum atomic E-state index is 13.6. The first-order valence-electron chi connectivity index (χ1n) is 12.5. The van der Waals surface area contributed by atoms with E-state index in [-0.39, 0.29) is 17.0 Å². The van der Waals surface area contributed by atoms with E-state index in [0.717, 1.165) is 76.9 Å². The van der Waals surface area contributed by atoms with Crippen LogP contribution in [0, 0.1) is 11.3 Å². The topological polar surface area (TPSA) is 55.9 Å². The van der Waals surface area contributed by atoms with Gasteiger partial charge in [-0.1, -0.05) is 44.2 Å². The molecule has 3 aliphatic heterocycles. The van der Waals surface area contributed by atoms with E-state index in [4.69, 9.17) is 0 Å². The van der Waals surface area contributed by atoms with Gasteiger partial charge < -0.3 is 20.0 Å². The molecule has 3 heterocycles. The maximum absolute atomic E-state index is 13.6. The molecule has 0 aliphatic carbocycles. The van der Waals surface area contributed by atoms with Gasteiger partial charge in [-0.3, -0.25) is 4.79 Å². The number of hydrogen-bond donors (Lipinski definition) is 1. The van der Waals surface area contributed by atoms with E-state index in [0.29, 0.717) is 18.4 Å². The highest BCUT2D eigenvalue weighted by Gasteiger charge is 2.59. The molecule has 3 fully saturated rings. The van der Waals surface area contributed by atoms with Crippen LogP contribution in [0.25, 0.3) is 0 Å². The van der Waals surface area contributed by atoms with Crippen LogP contribution in [0.3, 0.4) is 0 Å². The van der Waals surface area contributed by atoms with Gasteiger partial charge in [-0.25, -0.2) is 4.79 Å². The van der Waals surface area contributed by atoms with E-state index in [9.17, 15) is 9.59 Å². The Bertz CT molecular complexity index is 793. The van der Waals surface area contributed by atoms with Crippen molar-refractivity contribution in [3.8, 4) is 0 Å². The van der Waals surface area contributed by atoms with Crippen molar-refractivity contribution in [2.24, 2.45) is 11.3 Å². The second kappa shape index (κ2) is 9.42. The van der Waals surface area contributed by atoms with Gasteiger partial charge in [0, 0.05) is 38.3 Å². The first-order valence-corrected chi connectivity index (χ1v) is 12.5. The molecule has 1 aromatic rings. The lowest BCUT2D eigenvalue weighted by molar-refractivity contribution is -0.140. The Hall–Kier alpha value is -2.08. The van der Waals surface area contributed by atoms with Crippen LogP contribution in [0.5, 0.6) is 0 Å². The van der Waals surface area contributed by atoms with Gasteiger partial charge in [0.05, 0.1) is 5.41 Å². The number of nitrogens with zero attached hydrogens (tertiary/aromatic N) is 3. The van der Waals surface area contributed by atoms with Gasteiger partial charge in [0.2, 0.25) is 5.91 Å². The van der Waals surface area contributed by atoms with Crippen LogP contribution in [-0.4, -0.2) is 71.4 Å². The van der Waals surface area contributed by atoms with Crippen molar-refractivity contribution in [3.05, 3.63) is 35.9 Å². The number of likely N-dealkylation sites (tertiary alicyclic amines) is 3. The normalized spacial score (nSPS) is 22.8. The molecule has 0 saturated carbocycles. The lowest BCUT2D eigenvalue weighted by Gasteiger charge is -2.45. The predicted octanol–water partition coefficient (Wildman–Crippen LogP) is 3.72. The average molecular weight is 441 g/mol. The third-order valence-corrected chi connectivity index (χ3v) is 7.96. The fourth-order valence-electron chi connectivity index (χ4n) is 6.31. The highest BCUT2D eigenvalue weighted by Crippen LogP contribution is 2.52. The highest BCUT2D eigenvalue weighted by atomic mass is 16.2. The largest absolute Gasteiger partial charge is 0.337 e. The number of piperidine rings is 2. The summed E-state index contributed by atoms with van der Waals surface area (Å²) in [5, 5.41) is 3.06. The molecule has 3 aliphatic rings. The van der Waals surface area contributed by atoms with Crippen LogP contribution < -0.4 is 5.32 Å². The third kappa shape index (κ3) is 4.52. The number of rotatable bonds is 5. The van der Waals surface area contributed by atoms with Gasteiger partial charge in [0.15, 0.2) is 0 Å². The molecular formula is C26H40N4O2. The van der Waals surface area contributed by atoms with Gasteiger partial charge in [0.1, 0.15) is 0 Å². The molecule has 2 spiro atoms. The zero-order valence-corrected chi connectivity index (χ0v) is 20.1. The lowest BCUT2D eigenvalue weighted by atomic mass is 9.71. The third-order valence-electron chi connectivity index (χ3n) is 7.96. The van der Waals surface area contributed by atoms with Crippen molar-refractivity contribution in [2.45, 2.75) is 65.0 Å². The molecule has 6 heteroatoms. The number of urea groups is 1. The fraction of sp³-hybridized carbons (Fsp3) is 0.692.